The van der Waals surface area contributed by atoms with Crippen LogP contribution in [-0.2, 0) is 16.1 Å². The van der Waals surface area contributed by atoms with Gasteiger partial charge >= 0.3 is 5.97 Å². The summed E-state index contributed by atoms with van der Waals surface area (Å²) in [5.74, 6) is -0.587. The third-order valence-electron chi connectivity index (χ3n) is 4.71. The van der Waals surface area contributed by atoms with Gasteiger partial charge in [0.05, 0.1) is 18.4 Å². The van der Waals surface area contributed by atoms with E-state index in [9.17, 15) is 14.4 Å². The van der Waals surface area contributed by atoms with E-state index in [1.807, 2.05) is 19.9 Å². The quantitative estimate of drug-likeness (QED) is 0.647. The molecule has 0 fully saturated rings. The van der Waals surface area contributed by atoms with Gasteiger partial charge in [-0.2, -0.15) is 5.10 Å². The normalized spacial score (nSPS) is 10.7. The first-order valence-corrected chi connectivity index (χ1v) is 9.31. The van der Waals surface area contributed by atoms with Gasteiger partial charge in [-0.3, -0.25) is 14.2 Å². The Bertz CT molecular complexity index is 1180. The number of aromatic nitrogens is 4. The lowest BCUT2D eigenvalue weighted by atomic mass is 10.2. The number of esters is 1. The zero-order chi connectivity index (χ0) is 22.0. The van der Waals surface area contributed by atoms with Crippen molar-refractivity contribution in [2.45, 2.75) is 34.2 Å². The van der Waals surface area contributed by atoms with E-state index in [0.29, 0.717) is 22.5 Å². The Morgan fingerprint density at radius 1 is 1.10 bits per heavy atom. The predicted octanol–water partition coefficient (Wildman–Crippen LogP) is 2.09. The second-order valence-corrected chi connectivity index (χ2v) is 6.97. The first-order chi connectivity index (χ1) is 14.2. The minimum absolute atomic E-state index is 0.237. The van der Waals surface area contributed by atoms with Crippen molar-refractivity contribution >= 4 is 17.6 Å². The molecular formula is C21H23N5O4. The number of methoxy groups -OCH3 is 1. The lowest BCUT2D eigenvalue weighted by Gasteiger charge is -2.15. The molecule has 1 aromatic carbocycles. The van der Waals surface area contributed by atoms with Crippen LogP contribution in [0.1, 0.15) is 33.0 Å². The Kier molecular flexibility index (Phi) is 5.81. The Balaban J connectivity index is 1.91. The summed E-state index contributed by atoms with van der Waals surface area (Å²) in [6, 6.07) is 8.15. The van der Waals surface area contributed by atoms with Gasteiger partial charge in [-0.15, -0.1) is 0 Å². The third-order valence-corrected chi connectivity index (χ3v) is 4.71. The van der Waals surface area contributed by atoms with Crippen LogP contribution in [0, 0.1) is 27.7 Å². The van der Waals surface area contributed by atoms with Gasteiger partial charge in [0.15, 0.2) is 0 Å². The second-order valence-electron chi connectivity index (χ2n) is 6.97. The van der Waals surface area contributed by atoms with E-state index in [2.05, 4.69) is 20.1 Å². The smallest absolute Gasteiger partial charge is 0.337 e. The van der Waals surface area contributed by atoms with E-state index >= 15 is 0 Å². The molecule has 9 heteroatoms. The molecular weight excluding hydrogens is 386 g/mol. The molecule has 0 aliphatic heterocycles. The van der Waals surface area contributed by atoms with Crippen LogP contribution >= 0.6 is 0 Å². The van der Waals surface area contributed by atoms with Crippen LogP contribution in [0.25, 0.3) is 5.95 Å². The fourth-order valence-electron chi connectivity index (χ4n) is 3.03. The largest absolute Gasteiger partial charge is 0.465 e. The number of carbonyl (C=O) groups excluding carboxylic acids is 2. The maximum absolute atomic E-state index is 12.9. The zero-order valence-electron chi connectivity index (χ0n) is 17.5. The summed E-state index contributed by atoms with van der Waals surface area (Å²) >= 11 is 0. The second kappa shape index (κ2) is 8.32. The molecule has 0 aliphatic carbocycles. The number of nitrogens with zero attached hydrogens (tertiary/aromatic N) is 4. The minimum atomic E-state index is -0.463. The molecule has 30 heavy (non-hydrogen) atoms. The molecule has 0 radical (unpaired) electrons. The molecule has 1 N–H and O–H groups in total. The number of hydrogen-bond acceptors (Lipinski definition) is 6. The Morgan fingerprint density at radius 2 is 1.77 bits per heavy atom. The Hall–Kier alpha value is -3.75. The van der Waals surface area contributed by atoms with E-state index in [0.717, 1.165) is 11.4 Å². The van der Waals surface area contributed by atoms with Crippen molar-refractivity contribution < 1.29 is 14.3 Å². The van der Waals surface area contributed by atoms with Gasteiger partial charge in [0.2, 0.25) is 11.9 Å². The summed E-state index contributed by atoms with van der Waals surface area (Å²) in [7, 11) is 1.30. The summed E-state index contributed by atoms with van der Waals surface area (Å²) in [5, 5.41) is 7.12. The van der Waals surface area contributed by atoms with Crippen LogP contribution in [0.3, 0.4) is 0 Å². The third kappa shape index (κ3) is 4.14. The molecule has 0 saturated carbocycles. The van der Waals surface area contributed by atoms with Gasteiger partial charge in [-0.1, -0.05) is 0 Å². The fourth-order valence-corrected chi connectivity index (χ4v) is 3.03. The average molecular weight is 409 g/mol. The number of carbonyl (C=O) groups is 2. The molecule has 1 amide bonds. The van der Waals surface area contributed by atoms with Gasteiger partial charge in [-0.25, -0.2) is 14.5 Å². The highest BCUT2D eigenvalue weighted by molar-refractivity contribution is 5.93. The first-order valence-electron chi connectivity index (χ1n) is 9.31. The first kappa shape index (κ1) is 21.0. The molecule has 2 heterocycles. The molecule has 156 valence electrons. The summed E-state index contributed by atoms with van der Waals surface area (Å²) in [6.07, 6.45) is 0. The van der Waals surface area contributed by atoms with Gasteiger partial charge in [0.25, 0.3) is 5.56 Å². The van der Waals surface area contributed by atoms with Crippen molar-refractivity contribution in [3.05, 3.63) is 68.9 Å². The highest BCUT2D eigenvalue weighted by Crippen LogP contribution is 2.13. The maximum Gasteiger partial charge on any atom is 0.337 e. The minimum Gasteiger partial charge on any atom is -0.465 e. The molecule has 0 saturated heterocycles. The van der Waals surface area contributed by atoms with Crippen molar-refractivity contribution in [3.63, 3.8) is 0 Å². The van der Waals surface area contributed by atoms with E-state index in [4.69, 9.17) is 0 Å². The van der Waals surface area contributed by atoms with Crippen molar-refractivity contribution in [1.29, 1.82) is 0 Å². The van der Waals surface area contributed by atoms with Crippen molar-refractivity contribution in [2.75, 3.05) is 12.4 Å². The van der Waals surface area contributed by atoms with Crippen LogP contribution < -0.4 is 10.9 Å². The van der Waals surface area contributed by atoms with Crippen LogP contribution in [-0.4, -0.2) is 38.3 Å². The molecule has 3 rings (SSSR count). The summed E-state index contributed by atoms with van der Waals surface area (Å²) in [6.45, 7) is 6.89. The number of anilines is 1. The van der Waals surface area contributed by atoms with Gasteiger partial charge in [-0.05, 0) is 58.0 Å². The number of amides is 1. The molecule has 0 aliphatic rings. The lowest BCUT2D eigenvalue weighted by Crippen LogP contribution is -2.33. The van der Waals surface area contributed by atoms with E-state index < -0.39 is 11.9 Å². The van der Waals surface area contributed by atoms with Crippen molar-refractivity contribution in [1.82, 2.24) is 19.3 Å². The van der Waals surface area contributed by atoms with Crippen LogP contribution in [0.5, 0.6) is 0 Å². The topological polar surface area (TPSA) is 108 Å². The molecule has 0 bridgehead atoms. The molecule has 3 aromatic rings. The highest BCUT2D eigenvalue weighted by atomic mass is 16.5. The van der Waals surface area contributed by atoms with Crippen LogP contribution in [0.4, 0.5) is 5.69 Å². The molecule has 0 unspecified atom stereocenters. The molecule has 0 atom stereocenters. The van der Waals surface area contributed by atoms with E-state index in [1.165, 1.54) is 11.7 Å². The number of nitrogens with one attached hydrogen (secondary N) is 1. The zero-order valence-corrected chi connectivity index (χ0v) is 17.5. The summed E-state index contributed by atoms with van der Waals surface area (Å²) < 4.78 is 7.52. The van der Waals surface area contributed by atoms with Gasteiger partial charge in [0.1, 0.15) is 6.54 Å². The molecule has 9 nitrogen and oxygen atoms in total. The summed E-state index contributed by atoms with van der Waals surface area (Å²) in [4.78, 5) is 41.6. The molecule has 0 spiro atoms. The molecule has 2 aromatic heterocycles. The monoisotopic (exact) mass is 409 g/mol. The SMILES string of the molecule is COC(=O)c1ccc(NC(=O)Cn2c(-n3nc(C)cc3C)nc(C)c(C)c2=O)cc1. The van der Waals surface area contributed by atoms with E-state index in [1.54, 1.807) is 42.8 Å². The highest BCUT2D eigenvalue weighted by Gasteiger charge is 2.18. The number of aryl methyl sites for hydroxylation is 3. The van der Waals surface area contributed by atoms with Crippen molar-refractivity contribution in [3.8, 4) is 5.95 Å². The number of benzene rings is 1. The van der Waals surface area contributed by atoms with Gasteiger partial charge in [0, 0.05) is 22.6 Å². The summed E-state index contributed by atoms with van der Waals surface area (Å²) in [5.41, 5.74) is 3.19. The predicted molar refractivity (Wildman–Crippen MR) is 111 cm³/mol. The fraction of sp³-hybridized carbons (Fsp3) is 0.286. The lowest BCUT2D eigenvalue weighted by molar-refractivity contribution is -0.116. The maximum atomic E-state index is 12.9. The van der Waals surface area contributed by atoms with Crippen LogP contribution in [0.2, 0.25) is 0 Å². The van der Waals surface area contributed by atoms with Crippen molar-refractivity contribution in [2.24, 2.45) is 0 Å². The average Bonchev–Trinajstić information content (AvgIpc) is 3.06. The van der Waals surface area contributed by atoms with Gasteiger partial charge < -0.3 is 10.1 Å². The number of hydrogen-bond donors (Lipinski definition) is 1. The van der Waals surface area contributed by atoms with E-state index in [-0.39, 0.29) is 18.1 Å². The number of rotatable bonds is 5. The standard InChI is InChI=1S/C21H23N5O4/c1-12-10-13(2)26(24-12)21-22-15(4)14(3)19(28)25(21)11-18(27)23-17-8-6-16(7-9-17)20(29)30-5/h6-10H,11H2,1-5H3,(H,23,27). The Morgan fingerprint density at radius 3 is 2.33 bits per heavy atom. The number of ether oxygens (including phenoxy) is 1. The van der Waals surface area contributed by atoms with Crippen LogP contribution in [0.15, 0.2) is 35.1 Å². The Labute approximate surface area is 173 Å².